The summed E-state index contributed by atoms with van der Waals surface area (Å²) in [7, 11) is 0. The van der Waals surface area contributed by atoms with E-state index in [9.17, 15) is 9.18 Å². The van der Waals surface area contributed by atoms with Gasteiger partial charge in [-0.1, -0.05) is 0 Å². The zero-order valence-corrected chi connectivity index (χ0v) is 14.5. The highest BCUT2D eigenvalue weighted by atomic mass is 79.9. The first kappa shape index (κ1) is 14.8. The molecular formula is C15H13Br2FN2O. The molecule has 0 spiro atoms. The molecule has 1 aliphatic rings. The van der Waals surface area contributed by atoms with Gasteiger partial charge in [0.1, 0.15) is 11.5 Å². The number of aryl methyl sites for hydroxylation is 1. The quantitative estimate of drug-likeness (QED) is 0.747. The van der Waals surface area contributed by atoms with Crippen LogP contribution in [0.1, 0.15) is 34.9 Å². The van der Waals surface area contributed by atoms with Crippen LogP contribution in [0.2, 0.25) is 0 Å². The first-order chi connectivity index (χ1) is 9.95. The van der Waals surface area contributed by atoms with Crippen molar-refractivity contribution in [3.8, 4) is 0 Å². The van der Waals surface area contributed by atoms with Crippen LogP contribution in [-0.2, 0) is 0 Å². The zero-order valence-electron chi connectivity index (χ0n) is 11.3. The lowest BCUT2D eigenvalue weighted by molar-refractivity contribution is 0.101. The van der Waals surface area contributed by atoms with Crippen LogP contribution < -0.4 is 5.32 Å². The normalized spacial score (nSPS) is 14.3. The second-order valence-corrected chi connectivity index (χ2v) is 6.99. The number of amides is 1. The third kappa shape index (κ3) is 3.06. The summed E-state index contributed by atoms with van der Waals surface area (Å²) in [5.74, 6) is -0.524. The molecule has 110 valence electrons. The van der Waals surface area contributed by atoms with Crippen LogP contribution in [0, 0.1) is 12.7 Å². The minimum atomic E-state index is -0.338. The second-order valence-electron chi connectivity index (χ2n) is 5.22. The predicted molar refractivity (Wildman–Crippen MR) is 87.2 cm³/mol. The summed E-state index contributed by atoms with van der Waals surface area (Å²) in [6.07, 6.45) is 4.13. The monoisotopic (exact) mass is 414 g/mol. The van der Waals surface area contributed by atoms with Gasteiger partial charge in [0, 0.05) is 22.4 Å². The molecule has 1 N–H and O–H groups in total. The minimum Gasteiger partial charge on any atom is -0.339 e. The Morgan fingerprint density at radius 2 is 2.05 bits per heavy atom. The maximum absolute atomic E-state index is 13.4. The number of hydrogen-bond donors (Lipinski definition) is 1. The molecule has 1 aliphatic carbocycles. The fourth-order valence-corrected chi connectivity index (χ4v) is 3.03. The number of anilines is 1. The molecule has 21 heavy (non-hydrogen) atoms. The maximum Gasteiger partial charge on any atom is 0.272 e. The first-order valence-corrected chi connectivity index (χ1v) is 8.18. The van der Waals surface area contributed by atoms with Crippen LogP contribution in [0.5, 0.6) is 0 Å². The number of halogens is 3. The molecule has 0 atom stereocenters. The molecule has 1 fully saturated rings. The van der Waals surface area contributed by atoms with Gasteiger partial charge >= 0.3 is 0 Å². The van der Waals surface area contributed by atoms with Crippen LogP contribution in [0.25, 0.3) is 0 Å². The second kappa shape index (κ2) is 5.57. The van der Waals surface area contributed by atoms with Crippen molar-refractivity contribution in [2.75, 3.05) is 5.32 Å². The Labute approximate surface area is 138 Å². The summed E-state index contributed by atoms with van der Waals surface area (Å²) in [6.45, 7) is 1.76. The predicted octanol–water partition coefficient (Wildman–Crippen LogP) is 5.05. The molecule has 3 rings (SSSR count). The summed E-state index contributed by atoms with van der Waals surface area (Å²) < 4.78 is 16.6. The topological polar surface area (TPSA) is 34.0 Å². The standard InChI is InChI=1S/C15H13Br2FN2O/c1-8-4-12(18)11(17)6-13(8)19-15(21)14-5-9(16)7-20(14)10-2-3-10/h4-7,10H,2-3H2,1H3,(H,19,21). The Morgan fingerprint density at radius 3 is 2.71 bits per heavy atom. The highest BCUT2D eigenvalue weighted by Gasteiger charge is 2.28. The Kier molecular flexibility index (Phi) is 3.92. The molecule has 1 amide bonds. The Morgan fingerprint density at radius 1 is 1.33 bits per heavy atom. The Balaban J connectivity index is 1.88. The van der Waals surface area contributed by atoms with Gasteiger partial charge in [-0.15, -0.1) is 0 Å². The van der Waals surface area contributed by atoms with E-state index in [0.29, 0.717) is 27.5 Å². The summed E-state index contributed by atoms with van der Waals surface area (Å²) in [4.78, 5) is 12.5. The molecule has 3 nitrogen and oxygen atoms in total. The Hall–Kier alpha value is -1.14. The van der Waals surface area contributed by atoms with Crippen molar-refractivity contribution in [1.82, 2.24) is 4.57 Å². The van der Waals surface area contributed by atoms with Gasteiger partial charge in [0.15, 0.2) is 0 Å². The first-order valence-electron chi connectivity index (χ1n) is 6.60. The zero-order chi connectivity index (χ0) is 15.1. The van der Waals surface area contributed by atoms with Crippen LogP contribution in [0.15, 0.2) is 33.3 Å². The van der Waals surface area contributed by atoms with Crippen LogP contribution >= 0.6 is 31.9 Å². The van der Waals surface area contributed by atoms with Gasteiger partial charge in [0.25, 0.3) is 5.91 Å². The molecule has 0 aliphatic heterocycles. The molecule has 0 saturated heterocycles. The highest BCUT2D eigenvalue weighted by molar-refractivity contribution is 9.10. The molecule has 1 heterocycles. The van der Waals surface area contributed by atoms with Gasteiger partial charge in [0.2, 0.25) is 0 Å². The number of nitrogens with one attached hydrogen (secondary N) is 1. The van der Waals surface area contributed by atoms with Gasteiger partial charge in [-0.2, -0.15) is 0 Å². The number of carbonyl (C=O) groups is 1. The largest absolute Gasteiger partial charge is 0.339 e. The van der Waals surface area contributed by atoms with Crippen molar-refractivity contribution < 1.29 is 9.18 Å². The number of nitrogens with zero attached hydrogens (tertiary/aromatic N) is 1. The van der Waals surface area contributed by atoms with Crippen LogP contribution in [-0.4, -0.2) is 10.5 Å². The molecule has 0 bridgehead atoms. The molecule has 6 heteroatoms. The number of aromatic nitrogens is 1. The molecule has 1 saturated carbocycles. The number of benzene rings is 1. The van der Waals surface area contributed by atoms with E-state index in [1.54, 1.807) is 13.0 Å². The van der Waals surface area contributed by atoms with Crippen molar-refractivity contribution in [3.63, 3.8) is 0 Å². The van der Waals surface area contributed by atoms with Crippen molar-refractivity contribution in [2.45, 2.75) is 25.8 Å². The van der Waals surface area contributed by atoms with Gasteiger partial charge in [-0.25, -0.2) is 4.39 Å². The molecule has 2 aromatic rings. The van der Waals surface area contributed by atoms with E-state index in [1.807, 2.05) is 16.8 Å². The summed E-state index contributed by atoms with van der Waals surface area (Å²) in [6, 6.07) is 5.21. The summed E-state index contributed by atoms with van der Waals surface area (Å²) >= 11 is 6.55. The molecular weight excluding hydrogens is 403 g/mol. The van der Waals surface area contributed by atoms with Crippen molar-refractivity contribution >= 4 is 43.5 Å². The molecule has 0 unspecified atom stereocenters. The number of carbonyl (C=O) groups excluding carboxylic acids is 1. The SMILES string of the molecule is Cc1cc(F)c(Br)cc1NC(=O)c1cc(Br)cn1C1CC1. The van der Waals surface area contributed by atoms with E-state index in [4.69, 9.17) is 0 Å². The molecule has 1 aromatic carbocycles. The number of rotatable bonds is 3. The van der Waals surface area contributed by atoms with Crippen molar-refractivity contribution in [1.29, 1.82) is 0 Å². The van der Waals surface area contributed by atoms with E-state index >= 15 is 0 Å². The third-order valence-electron chi connectivity index (χ3n) is 3.50. The minimum absolute atomic E-state index is 0.186. The van der Waals surface area contributed by atoms with Crippen molar-refractivity contribution in [2.24, 2.45) is 0 Å². The number of hydrogen-bond acceptors (Lipinski definition) is 1. The molecule has 0 radical (unpaired) electrons. The lowest BCUT2D eigenvalue weighted by Gasteiger charge is -2.11. The van der Waals surface area contributed by atoms with E-state index in [-0.39, 0.29) is 11.7 Å². The lowest BCUT2D eigenvalue weighted by atomic mass is 10.2. The fourth-order valence-electron chi connectivity index (χ4n) is 2.25. The van der Waals surface area contributed by atoms with E-state index in [1.165, 1.54) is 6.07 Å². The average Bonchev–Trinajstić information content (AvgIpc) is 3.18. The smallest absolute Gasteiger partial charge is 0.272 e. The summed E-state index contributed by atoms with van der Waals surface area (Å²) in [5, 5.41) is 2.85. The molecule has 1 aromatic heterocycles. The van der Waals surface area contributed by atoms with Gasteiger partial charge in [-0.05, 0) is 75.4 Å². The van der Waals surface area contributed by atoms with Crippen LogP contribution in [0.4, 0.5) is 10.1 Å². The highest BCUT2D eigenvalue weighted by Crippen LogP contribution is 2.37. The lowest BCUT2D eigenvalue weighted by Crippen LogP contribution is -2.17. The fraction of sp³-hybridized carbons (Fsp3) is 0.267. The van der Waals surface area contributed by atoms with Gasteiger partial charge in [0.05, 0.1) is 4.47 Å². The van der Waals surface area contributed by atoms with Crippen LogP contribution in [0.3, 0.4) is 0 Å². The van der Waals surface area contributed by atoms with E-state index in [0.717, 1.165) is 17.3 Å². The third-order valence-corrected chi connectivity index (χ3v) is 4.54. The van der Waals surface area contributed by atoms with Gasteiger partial charge < -0.3 is 9.88 Å². The Bertz CT molecular complexity index is 723. The average molecular weight is 416 g/mol. The van der Waals surface area contributed by atoms with E-state index in [2.05, 4.69) is 37.2 Å². The van der Waals surface area contributed by atoms with Crippen molar-refractivity contribution in [3.05, 3.63) is 50.4 Å². The van der Waals surface area contributed by atoms with E-state index < -0.39 is 0 Å². The summed E-state index contributed by atoms with van der Waals surface area (Å²) in [5.41, 5.74) is 1.91. The maximum atomic E-state index is 13.4. The van der Waals surface area contributed by atoms with Gasteiger partial charge in [-0.3, -0.25) is 4.79 Å².